The molecule has 0 aliphatic carbocycles. The van der Waals surface area contributed by atoms with E-state index < -0.39 is 5.82 Å². The lowest BCUT2D eigenvalue weighted by Crippen LogP contribution is -1.98. The summed E-state index contributed by atoms with van der Waals surface area (Å²) >= 11 is 1.65. The van der Waals surface area contributed by atoms with Crippen molar-refractivity contribution in [3.8, 4) is 22.1 Å². The number of hydrogen-bond donors (Lipinski definition) is 3. The first-order valence-electron chi connectivity index (χ1n) is 10.2. The predicted molar refractivity (Wildman–Crippen MR) is 131 cm³/mol. The molecule has 5 aromatic heterocycles. The Labute approximate surface area is 192 Å². The minimum absolute atomic E-state index is 0.171. The number of thiophene rings is 1. The number of imidazole rings is 1. The van der Waals surface area contributed by atoms with Gasteiger partial charge in [-0.2, -0.15) is 5.10 Å². The Morgan fingerprint density at radius 2 is 2.03 bits per heavy atom. The summed E-state index contributed by atoms with van der Waals surface area (Å²) in [5.74, 6) is -0.0665. The summed E-state index contributed by atoms with van der Waals surface area (Å²) in [5.41, 5.74) is 10.1. The standard InChI is InChI=1S/C24H20FN7S/c1-4-13(10-14(26)5-2)20-19(25)18-16(11-28-20)31-32-23(18)24-29-15-8-9-27-22(21(15)30-24)17-7-6-12(3)33-17/h4-11H,2,26H2,1,3H3,(H,29,30)(H,31,32)/b13-4+,14-10+. The van der Waals surface area contributed by atoms with E-state index in [1.807, 2.05) is 25.1 Å². The van der Waals surface area contributed by atoms with Crippen molar-refractivity contribution in [1.29, 1.82) is 0 Å². The van der Waals surface area contributed by atoms with Crippen molar-refractivity contribution in [2.45, 2.75) is 13.8 Å². The molecule has 4 N–H and O–H groups in total. The largest absolute Gasteiger partial charge is 0.399 e. The Hall–Kier alpha value is -4.11. The number of allylic oxidation sites excluding steroid dienone is 4. The fourth-order valence-electron chi connectivity index (χ4n) is 3.66. The number of nitrogens with two attached hydrogens (primary N) is 1. The Balaban J connectivity index is 1.69. The number of aromatic amines is 2. The van der Waals surface area contributed by atoms with E-state index in [-0.39, 0.29) is 5.69 Å². The maximum atomic E-state index is 15.7. The van der Waals surface area contributed by atoms with Crippen LogP contribution in [0.5, 0.6) is 0 Å². The molecule has 0 radical (unpaired) electrons. The van der Waals surface area contributed by atoms with Crippen LogP contribution in [0, 0.1) is 12.7 Å². The van der Waals surface area contributed by atoms with Gasteiger partial charge in [-0.3, -0.25) is 15.1 Å². The smallest absolute Gasteiger partial charge is 0.161 e. The van der Waals surface area contributed by atoms with Crippen LogP contribution in [-0.4, -0.2) is 30.1 Å². The van der Waals surface area contributed by atoms with E-state index >= 15 is 4.39 Å². The third kappa shape index (κ3) is 3.52. The van der Waals surface area contributed by atoms with Gasteiger partial charge in [-0.25, -0.2) is 9.37 Å². The maximum absolute atomic E-state index is 15.7. The second-order valence-corrected chi connectivity index (χ2v) is 8.71. The Morgan fingerprint density at radius 3 is 2.76 bits per heavy atom. The maximum Gasteiger partial charge on any atom is 0.161 e. The molecular weight excluding hydrogens is 437 g/mol. The van der Waals surface area contributed by atoms with Crippen LogP contribution in [0.3, 0.4) is 0 Å². The van der Waals surface area contributed by atoms with Crippen molar-refractivity contribution in [2.75, 3.05) is 0 Å². The van der Waals surface area contributed by atoms with E-state index in [1.54, 1.807) is 42.8 Å². The molecule has 0 saturated heterocycles. The number of pyridine rings is 2. The number of H-pyrrole nitrogens is 2. The molecule has 5 aromatic rings. The van der Waals surface area contributed by atoms with Crippen molar-refractivity contribution in [1.82, 2.24) is 30.1 Å². The summed E-state index contributed by atoms with van der Waals surface area (Å²) in [7, 11) is 0. The number of nitrogens with zero attached hydrogens (tertiary/aromatic N) is 4. The van der Waals surface area contributed by atoms with Crippen LogP contribution in [0.4, 0.5) is 4.39 Å². The minimum atomic E-state index is -0.509. The monoisotopic (exact) mass is 457 g/mol. The molecule has 0 aromatic carbocycles. The molecule has 5 rings (SSSR count). The minimum Gasteiger partial charge on any atom is -0.399 e. The molecule has 164 valence electrons. The highest BCUT2D eigenvalue weighted by molar-refractivity contribution is 7.15. The third-order valence-electron chi connectivity index (χ3n) is 5.29. The molecule has 0 amide bonds. The van der Waals surface area contributed by atoms with Crippen molar-refractivity contribution in [3.05, 3.63) is 77.5 Å². The van der Waals surface area contributed by atoms with Gasteiger partial charge in [0.25, 0.3) is 0 Å². The van der Waals surface area contributed by atoms with Gasteiger partial charge < -0.3 is 10.7 Å². The quantitative estimate of drug-likeness (QED) is 0.302. The number of halogens is 1. The summed E-state index contributed by atoms with van der Waals surface area (Å²) in [6.45, 7) is 7.49. The zero-order chi connectivity index (χ0) is 23.1. The molecule has 0 unspecified atom stereocenters. The molecular formula is C24H20FN7S. The lowest BCUT2D eigenvalue weighted by molar-refractivity contribution is 0.630. The first-order valence-corrected chi connectivity index (χ1v) is 11.0. The second-order valence-electron chi connectivity index (χ2n) is 7.43. The summed E-state index contributed by atoms with van der Waals surface area (Å²) in [6, 6.07) is 5.92. The van der Waals surface area contributed by atoms with Gasteiger partial charge in [-0.05, 0) is 44.2 Å². The first-order chi connectivity index (χ1) is 16.0. The molecule has 33 heavy (non-hydrogen) atoms. The Bertz CT molecular complexity index is 1590. The lowest BCUT2D eigenvalue weighted by atomic mass is 10.1. The highest BCUT2D eigenvalue weighted by Crippen LogP contribution is 2.34. The Morgan fingerprint density at radius 1 is 1.18 bits per heavy atom. The van der Waals surface area contributed by atoms with Crippen LogP contribution in [-0.2, 0) is 0 Å². The number of hydrogen-bond acceptors (Lipinski definition) is 6. The molecule has 0 aliphatic rings. The Kier molecular flexibility index (Phi) is 5.10. The molecule has 0 spiro atoms. The first kappa shape index (κ1) is 20.8. The number of aryl methyl sites for hydroxylation is 1. The molecule has 0 atom stereocenters. The van der Waals surface area contributed by atoms with Gasteiger partial charge in [0.1, 0.15) is 22.6 Å². The van der Waals surface area contributed by atoms with Gasteiger partial charge in [0.05, 0.1) is 27.5 Å². The third-order valence-corrected chi connectivity index (χ3v) is 6.29. The molecule has 5 heterocycles. The summed E-state index contributed by atoms with van der Waals surface area (Å²) in [6.07, 6.45) is 8.16. The van der Waals surface area contributed by atoms with Gasteiger partial charge >= 0.3 is 0 Å². The SMILES string of the molecule is C=C/C(N)=C\C(=C/C)c1ncc2[nH]nc(-c3nc4c(-c5ccc(C)s5)nccc4[nH]3)c2c1F. The van der Waals surface area contributed by atoms with E-state index in [0.29, 0.717) is 39.2 Å². The van der Waals surface area contributed by atoms with Crippen molar-refractivity contribution >= 4 is 38.8 Å². The van der Waals surface area contributed by atoms with Crippen molar-refractivity contribution < 1.29 is 4.39 Å². The van der Waals surface area contributed by atoms with Crippen molar-refractivity contribution in [2.24, 2.45) is 5.73 Å². The van der Waals surface area contributed by atoms with Gasteiger partial charge in [0, 0.05) is 22.3 Å². The molecule has 0 bridgehead atoms. The van der Waals surface area contributed by atoms with E-state index in [4.69, 9.17) is 10.7 Å². The van der Waals surface area contributed by atoms with E-state index in [9.17, 15) is 0 Å². The van der Waals surface area contributed by atoms with Gasteiger partial charge in [0.15, 0.2) is 11.6 Å². The topological polar surface area (TPSA) is 109 Å². The lowest BCUT2D eigenvalue weighted by Gasteiger charge is -2.05. The summed E-state index contributed by atoms with van der Waals surface area (Å²) in [4.78, 5) is 19.0. The number of nitrogens with one attached hydrogen (secondary N) is 2. The molecule has 0 fully saturated rings. The molecule has 0 saturated carbocycles. The zero-order valence-electron chi connectivity index (χ0n) is 18.0. The van der Waals surface area contributed by atoms with Crippen LogP contribution in [0.15, 0.2) is 61.1 Å². The average Bonchev–Trinajstić information content (AvgIpc) is 3.55. The number of aromatic nitrogens is 6. The summed E-state index contributed by atoms with van der Waals surface area (Å²) < 4.78 is 15.7. The summed E-state index contributed by atoms with van der Waals surface area (Å²) in [5, 5.41) is 7.49. The normalized spacial score (nSPS) is 12.7. The number of fused-ring (bicyclic) bond motifs is 2. The van der Waals surface area contributed by atoms with Gasteiger partial charge in [-0.15, -0.1) is 11.3 Å². The number of rotatable bonds is 5. The highest BCUT2D eigenvalue weighted by atomic mass is 32.1. The van der Waals surface area contributed by atoms with Crippen LogP contribution in [0.1, 0.15) is 17.5 Å². The second kappa shape index (κ2) is 8.10. The van der Waals surface area contributed by atoms with E-state index in [0.717, 1.165) is 16.1 Å². The van der Waals surface area contributed by atoms with Gasteiger partial charge in [-0.1, -0.05) is 12.7 Å². The molecule has 7 nitrogen and oxygen atoms in total. The average molecular weight is 458 g/mol. The zero-order valence-corrected chi connectivity index (χ0v) is 18.8. The van der Waals surface area contributed by atoms with Gasteiger partial charge in [0.2, 0.25) is 0 Å². The highest BCUT2D eigenvalue weighted by Gasteiger charge is 2.21. The van der Waals surface area contributed by atoms with Crippen LogP contribution < -0.4 is 5.73 Å². The molecule has 9 heteroatoms. The fourth-order valence-corrected chi connectivity index (χ4v) is 4.53. The van der Waals surface area contributed by atoms with Crippen LogP contribution in [0.2, 0.25) is 0 Å². The van der Waals surface area contributed by atoms with E-state index in [1.165, 1.54) is 11.0 Å². The van der Waals surface area contributed by atoms with Crippen LogP contribution in [0.25, 0.3) is 49.6 Å². The van der Waals surface area contributed by atoms with Crippen molar-refractivity contribution in [3.63, 3.8) is 0 Å². The predicted octanol–water partition coefficient (Wildman–Crippen LogP) is 5.50. The van der Waals surface area contributed by atoms with Crippen LogP contribution >= 0.6 is 11.3 Å². The molecule has 0 aliphatic heterocycles. The van der Waals surface area contributed by atoms with E-state index in [2.05, 4.69) is 31.7 Å². The fraction of sp³-hybridized carbons (Fsp3) is 0.0833.